The number of benzene rings is 3. The molecule has 27 heavy (non-hydrogen) atoms. The molecule has 0 heterocycles. The maximum Gasteiger partial charge on any atom is 0.270 e. The number of non-ortho nitro benzene ring substituents is 1. The van der Waals surface area contributed by atoms with Gasteiger partial charge in [-0.05, 0) is 40.6 Å². The zero-order chi connectivity index (χ0) is 19.6. The molecule has 6 nitrogen and oxygen atoms in total. The molecule has 0 radical (unpaired) electrons. The van der Waals surface area contributed by atoms with Crippen LogP contribution in [0.3, 0.4) is 0 Å². The minimum atomic E-state index is -0.548. The fourth-order valence-electron chi connectivity index (χ4n) is 2.84. The molecule has 0 fully saturated rings. The molecule has 0 aromatic heterocycles. The second kappa shape index (κ2) is 7.63. The van der Waals surface area contributed by atoms with Crippen LogP contribution in [0.4, 0.5) is 5.69 Å². The van der Waals surface area contributed by atoms with Crippen LogP contribution in [0.1, 0.15) is 15.9 Å². The van der Waals surface area contributed by atoms with Gasteiger partial charge >= 0.3 is 0 Å². The summed E-state index contributed by atoms with van der Waals surface area (Å²) in [7, 11) is 3.29. The SMILES string of the molecule is COc1ccc2cc(CN(C)C(=O)c3ccc([N+](=O)[O-])cc3Cl)ccc2c1. The second-order valence-electron chi connectivity index (χ2n) is 6.13. The highest BCUT2D eigenvalue weighted by molar-refractivity contribution is 6.34. The van der Waals surface area contributed by atoms with Crippen molar-refractivity contribution in [3.63, 3.8) is 0 Å². The number of hydrogen-bond donors (Lipinski definition) is 0. The molecule has 0 aliphatic heterocycles. The maximum atomic E-state index is 12.7. The van der Waals surface area contributed by atoms with Gasteiger partial charge in [-0.15, -0.1) is 0 Å². The molecule has 0 bridgehead atoms. The van der Waals surface area contributed by atoms with Gasteiger partial charge in [-0.2, -0.15) is 0 Å². The zero-order valence-electron chi connectivity index (χ0n) is 14.8. The molecule has 3 rings (SSSR count). The predicted octanol–water partition coefficient (Wildman–Crippen LogP) is 4.68. The van der Waals surface area contributed by atoms with E-state index in [0.29, 0.717) is 6.54 Å². The number of amides is 1. The van der Waals surface area contributed by atoms with E-state index in [1.165, 1.54) is 23.1 Å². The van der Waals surface area contributed by atoms with Gasteiger partial charge in [0.1, 0.15) is 5.75 Å². The van der Waals surface area contributed by atoms with Crippen molar-refractivity contribution in [2.45, 2.75) is 6.54 Å². The Morgan fingerprint density at radius 2 is 1.81 bits per heavy atom. The third kappa shape index (κ3) is 4.01. The molecule has 0 aliphatic rings. The Morgan fingerprint density at radius 1 is 1.11 bits per heavy atom. The van der Waals surface area contributed by atoms with E-state index >= 15 is 0 Å². The summed E-state index contributed by atoms with van der Waals surface area (Å²) in [6.07, 6.45) is 0. The van der Waals surface area contributed by atoms with Crippen molar-refractivity contribution >= 4 is 34.0 Å². The van der Waals surface area contributed by atoms with Crippen molar-refractivity contribution in [1.82, 2.24) is 4.90 Å². The van der Waals surface area contributed by atoms with Crippen molar-refractivity contribution in [3.8, 4) is 5.75 Å². The largest absolute Gasteiger partial charge is 0.497 e. The van der Waals surface area contributed by atoms with Gasteiger partial charge in [0.15, 0.2) is 0 Å². The number of hydrogen-bond acceptors (Lipinski definition) is 4. The number of ether oxygens (including phenoxy) is 1. The number of methoxy groups -OCH3 is 1. The van der Waals surface area contributed by atoms with E-state index in [1.54, 1.807) is 14.2 Å². The van der Waals surface area contributed by atoms with Gasteiger partial charge in [0, 0.05) is 25.7 Å². The van der Waals surface area contributed by atoms with Crippen LogP contribution in [0.25, 0.3) is 10.8 Å². The molecular formula is C20H17ClN2O4. The molecule has 0 spiro atoms. The monoisotopic (exact) mass is 384 g/mol. The Labute approximate surface area is 161 Å². The van der Waals surface area contributed by atoms with E-state index in [2.05, 4.69) is 0 Å². The van der Waals surface area contributed by atoms with Gasteiger partial charge in [0.25, 0.3) is 11.6 Å². The van der Waals surface area contributed by atoms with E-state index in [-0.39, 0.29) is 22.2 Å². The third-order valence-electron chi connectivity index (χ3n) is 4.27. The lowest BCUT2D eigenvalue weighted by molar-refractivity contribution is -0.384. The molecular weight excluding hydrogens is 368 g/mol. The Hall–Kier alpha value is -3.12. The average Bonchev–Trinajstić information content (AvgIpc) is 2.66. The van der Waals surface area contributed by atoms with Gasteiger partial charge in [0.05, 0.1) is 22.6 Å². The number of nitro benzene ring substituents is 1. The first-order valence-electron chi connectivity index (χ1n) is 8.15. The Balaban J connectivity index is 1.80. The molecule has 0 aliphatic carbocycles. The number of nitrogens with zero attached hydrogens (tertiary/aromatic N) is 2. The van der Waals surface area contributed by atoms with E-state index in [1.807, 2.05) is 36.4 Å². The molecule has 3 aromatic rings. The zero-order valence-corrected chi connectivity index (χ0v) is 15.6. The van der Waals surface area contributed by atoms with Crippen LogP contribution in [0, 0.1) is 10.1 Å². The molecule has 0 saturated heterocycles. The quantitative estimate of drug-likeness (QED) is 0.473. The minimum Gasteiger partial charge on any atom is -0.497 e. The Morgan fingerprint density at radius 3 is 2.48 bits per heavy atom. The van der Waals surface area contributed by atoms with Crippen molar-refractivity contribution in [2.24, 2.45) is 0 Å². The Bertz CT molecular complexity index is 1040. The first-order chi connectivity index (χ1) is 12.9. The minimum absolute atomic E-state index is 0.0617. The third-order valence-corrected chi connectivity index (χ3v) is 4.58. The molecule has 0 saturated carbocycles. The summed E-state index contributed by atoms with van der Waals surface area (Å²) in [4.78, 5) is 24.4. The number of fused-ring (bicyclic) bond motifs is 1. The summed E-state index contributed by atoms with van der Waals surface area (Å²) >= 11 is 6.06. The summed E-state index contributed by atoms with van der Waals surface area (Å²) < 4.78 is 5.22. The second-order valence-corrected chi connectivity index (χ2v) is 6.54. The van der Waals surface area contributed by atoms with Crippen LogP contribution in [-0.2, 0) is 6.54 Å². The smallest absolute Gasteiger partial charge is 0.270 e. The van der Waals surface area contributed by atoms with Crippen LogP contribution < -0.4 is 4.74 Å². The standard InChI is InChI=1S/C20H17ClN2O4/c1-22(20(24)18-8-6-16(23(25)26)11-19(18)21)12-13-3-4-15-10-17(27-2)7-5-14(15)9-13/h3-11H,12H2,1-2H3. The number of carbonyl (C=O) groups is 1. The predicted molar refractivity (Wildman–Crippen MR) is 104 cm³/mol. The average molecular weight is 385 g/mol. The summed E-state index contributed by atoms with van der Waals surface area (Å²) in [6.45, 7) is 0.383. The highest BCUT2D eigenvalue weighted by Gasteiger charge is 2.18. The van der Waals surface area contributed by atoms with Gasteiger partial charge in [-0.3, -0.25) is 14.9 Å². The first-order valence-corrected chi connectivity index (χ1v) is 8.53. The fraction of sp³-hybridized carbons (Fsp3) is 0.150. The van der Waals surface area contributed by atoms with Crippen LogP contribution >= 0.6 is 11.6 Å². The van der Waals surface area contributed by atoms with E-state index in [9.17, 15) is 14.9 Å². The lowest BCUT2D eigenvalue weighted by Gasteiger charge is -2.18. The molecule has 7 heteroatoms. The van der Waals surface area contributed by atoms with Crippen molar-refractivity contribution < 1.29 is 14.5 Å². The van der Waals surface area contributed by atoms with Crippen molar-refractivity contribution in [3.05, 3.63) is 80.9 Å². The highest BCUT2D eigenvalue weighted by atomic mass is 35.5. The van der Waals surface area contributed by atoms with Crippen LogP contribution in [0.15, 0.2) is 54.6 Å². The van der Waals surface area contributed by atoms with Crippen molar-refractivity contribution in [2.75, 3.05) is 14.2 Å². The summed E-state index contributed by atoms with van der Waals surface area (Å²) in [5, 5.41) is 13.0. The lowest BCUT2D eigenvalue weighted by atomic mass is 10.1. The van der Waals surface area contributed by atoms with E-state index in [4.69, 9.17) is 16.3 Å². The highest BCUT2D eigenvalue weighted by Crippen LogP contribution is 2.25. The van der Waals surface area contributed by atoms with Gasteiger partial charge in [-0.1, -0.05) is 29.8 Å². The van der Waals surface area contributed by atoms with Crippen LogP contribution in [0.5, 0.6) is 5.75 Å². The van der Waals surface area contributed by atoms with E-state index in [0.717, 1.165) is 22.1 Å². The molecule has 138 valence electrons. The van der Waals surface area contributed by atoms with Gasteiger partial charge in [0.2, 0.25) is 0 Å². The molecule has 0 unspecified atom stereocenters. The molecule has 0 N–H and O–H groups in total. The number of carbonyl (C=O) groups excluding carboxylic acids is 1. The van der Waals surface area contributed by atoms with E-state index < -0.39 is 4.92 Å². The van der Waals surface area contributed by atoms with Gasteiger partial charge < -0.3 is 9.64 Å². The van der Waals surface area contributed by atoms with Crippen LogP contribution in [-0.4, -0.2) is 29.9 Å². The van der Waals surface area contributed by atoms with Crippen molar-refractivity contribution in [1.29, 1.82) is 0 Å². The summed E-state index contributed by atoms with van der Waals surface area (Å²) in [5.41, 5.74) is 1.04. The first kappa shape index (κ1) is 18.7. The normalized spacial score (nSPS) is 10.6. The molecule has 0 atom stereocenters. The number of rotatable bonds is 5. The fourth-order valence-corrected chi connectivity index (χ4v) is 3.10. The van der Waals surface area contributed by atoms with Gasteiger partial charge in [-0.25, -0.2) is 0 Å². The lowest BCUT2D eigenvalue weighted by Crippen LogP contribution is -2.26. The number of nitro groups is 1. The number of halogens is 1. The summed E-state index contributed by atoms with van der Waals surface area (Å²) in [6, 6.07) is 15.6. The Kier molecular flexibility index (Phi) is 5.28. The topological polar surface area (TPSA) is 72.7 Å². The molecule has 3 aromatic carbocycles. The summed E-state index contributed by atoms with van der Waals surface area (Å²) in [5.74, 6) is 0.486. The van der Waals surface area contributed by atoms with Crippen LogP contribution in [0.2, 0.25) is 5.02 Å². The maximum absolute atomic E-state index is 12.7. The molecule has 1 amide bonds.